The van der Waals surface area contributed by atoms with E-state index in [0.717, 1.165) is 22.7 Å². The fourth-order valence-corrected chi connectivity index (χ4v) is 10.5. The van der Waals surface area contributed by atoms with Gasteiger partial charge < -0.3 is 9.47 Å². The van der Waals surface area contributed by atoms with Crippen LogP contribution in [0.1, 0.15) is 0 Å². The van der Waals surface area contributed by atoms with E-state index in [9.17, 15) is 0 Å². The van der Waals surface area contributed by atoms with Crippen LogP contribution in [-0.2, 0) is 0 Å². The molecule has 10 aromatic carbocycles. The summed E-state index contributed by atoms with van der Waals surface area (Å²) in [6, 6.07) is 84.1. The molecule has 286 valence electrons. The maximum absolute atomic E-state index is 2.44. The maximum Gasteiger partial charge on any atom is 0.0619 e. The first-order valence-electron chi connectivity index (χ1n) is 20.8. The van der Waals surface area contributed by atoms with Gasteiger partial charge in [-0.15, -0.1) is 11.3 Å². The molecule has 2 nitrogen and oxygen atoms in total. The topological polar surface area (TPSA) is 8.17 Å². The minimum Gasteiger partial charge on any atom is -0.310 e. The molecule has 2 aromatic heterocycles. The van der Waals surface area contributed by atoms with Gasteiger partial charge in [-0.2, -0.15) is 0 Å². The molecule has 0 saturated heterocycles. The van der Waals surface area contributed by atoms with E-state index in [1.165, 1.54) is 86.1 Å². The van der Waals surface area contributed by atoms with Gasteiger partial charge in [-0.3, -0.25) is 0 Å². The van der Waals surface area contributed by atoms with Gasteiger partial charge in [0.2, 0.25) is 0 Å². The zero-order chi connectivity index (χ0) is 40.3. The molecule has 0 N–H and O–H groups in total. The lowest BCUT2D eigenvalue weighted by molar-refractivity contribution is 1.19. The van der Waals surface area contributed by atoms with Crippen LogP contribution < -0.4 is 4.90 Å². The highest BCUT2D eigenvalue weighted by Crippen LogP contribution is 2.44. The Hall–Kier alpha value is -7.72. The minimum atomic E-state index is 1.10. The first kappa shape index (κ1) is 35.2. The smallest absolute Gasteiger partial charge is 0.0619 e. The number of fused-ring (bicyclic) bond motifs is 8. The first-order valence-corrected chi connectivity index (χ1v) is 21.6. The average molecular weight is 795 g/mol. The van der Waals surface area contributed by atoms with Gasteiger partial charge in [0.1, 0.15) is 0 Å². The molecule has 61 heavy (non-hydrogen) atoms. The summed E-state index contributed by atoms with van der Waals surface area (Å²) in [7, 11) is 0. The predicted molar refractivity (Wildman–Crippen MR) is 262 cm³/mol. The Morgan fingerprint density at radius 3 is 1.66 bits per heavy atom. The zero-order valence-corrected chi connectivity index (χ0v) is 34.1. The standard InChI is InChI=1S/C58H38N2S/c1-4-13-39(14-5-1)40-23-29-46(30-24-40)59(48-33-36-56-54(38-48)53-22-12-21-50(58(53)61-56)42-15-6-2-7-16-42)47-31-25-41(26-32-47)44-28-34-51-52-35-27-43-17-10-11-20-49(43)57(52)60(55(51)37-44)45-18-8-3-9-19-45/h1-38H. The second-order valence-corrected chi connectivity index (χ2v) is 16.8. The summed E-state index contributed by atoms with van der Waals surface area (Å²) in [4.78, 5) is 2.39. The third-order valence-corrected chi connectivity index (χ3v) is 13.4. The summed E-state index contributed by atoms with van der Waals surface area (Å²) in [6.45, 7) is 0. The molecule has 0 aliphatic carbocycles. The lowest BCUT2D eigenvalue weighted by Crippen LogP contribution is -2.09. The Labute approximate surface area is 358 Å². The van der Waals surface area contributed by atoms with E-state index < -0.39 is 0 Å². The third kappa shape index (κ3) is 6.01. The van der Waals surface area contributed by atoms with E-state index in [2.05, 4.69) is 240 Å². The number of aromatic nitrogens is 1. The highest BCUT2D eigenvalue weighted by molar-refractivity contribution is 7.26. The summed E-state index contributed by atoms with van der Waals surface area (Å²) >= 11 is 1.88. The molecule has 0 saturated carbocycles. The molecule has 0 spiro atoms. The Kier molecular flexibility index (Phi) is 8.39. The van der Waals surface area contributed by atoms with Gasteiger partial charge in [-0.1, -0.05) is 170 Å². The van der Waals surface area contributed by atoms with Gasteiger partial charge in [0.25, 0.3) is 0 Å². The van der Waals surface area contributed by atoms with Crippen molar-refractivity contribution < 1.29 is 0 Å². The Morgan fingerprint density at radius 2 is 0.918 bits per heavy atom. The maximum atomic E-state index is 2.44. The van der Waals surface area contributed by atoms with Crippen molar-refractivity contribution in [2.24, 2.45) is 0 Å². The van der Waals surface area contributed by atoms with Crippen LogP contribution in [0.15, 0.2) is 231 Å². The molecule has 0 aliphatic heterocycles. The van der Waals surface area contributed by atoms with E-state index in [4.69, 9.17) is 0 Å². The number of benzene rings is 10. The van der Waals surface area contributed by atoms with E-state index in [1.807, 2.05) is 11.3 Å². The lowest BCUT2D eigenvalue weighted by Gasteiger charge is -2.26. The van der Waals surface area contributed by atoms with Crippen molar-refractivity contribution in [3.05, 3.63) is 231 Å². The quantitative estimate of drug-likeness (QED) is 0.156. The van der Waals surface area contributed by atoms with Crippen LogP contribution in [0.5, 0.6) is 0 Å². The SMILES string of the molecule is c1ccc(-c2ccc(N(c3ccc(-c4ccc5c6ccc7ccccc7c6n(-c6ccccc6)c5c4)cc3)c3ccc4sc5c(-c6ccccc6)cccc5c4c3)cc2)cc1. The van der Waals surface area contributed by atoms with E-state index >= 15 is 0 Å². The van der Waals surface area contributed by atoms with Gasteiger partial charge >= 0.3 is 0 Å². The van der Waals surface area contributed by atoms with Crippen LogP contribution in [0, 0.1) is 0 Å². The average Bonchev–Trinajstić information content (AvgIpc) is 3.88. The zero-order valence-electron chi connectivity index (χ0n) is 33.2. The number of rotatable bonds is 7. The Balaban J connectivity index is 0.987. The van der Waals surface area contributed by atoms with Crippen LogP contribution in [0.4, 0.5) is 17.1 Å². The summed E-state index contributed by atoms with van der Waals surface area (Å²) in [5.41, 5.74) is 14.2. The van der Waals surface area contributed by atoms with E-state index in [1.54, 1.807) is 0 Å². The lowest BCUT2D eigenvalue weighted by atomic mass is 10.0. The normalized spacial score (nSPS) is 11.6. The highest BCUT2D eigenvalue weighted by atomic mass is 32.1. The summed E-state index contributed by atoms with van der Waals surface area (Å²) in [6.07, 6.45) is 0. The molecule has 0 atom stereocenters. The van der Waals surface area contributed by atoms with Crippen molar-refractivity contribution in [3.8, 4) is 39.1 Å². The van der Waals surface area contributed by atoms with Crippen molar-refractivity contribution in [1.82, 2.24) is 4.57 Å². The summed E-state index contributed by atoms with van der Waals surface area (Å²) < 4.78 is 5.05. The van der Waals surface area contributed by atoms with Gasteiger partial charge in [0.05, 0.1) is 11.0 Å². The summed E-state index contributed by atoms with van der Waals surface area (Å²) in [5, 5.41) is 7.57. The third-order valence-electron chi connectivity index (χ3n) is 12.2. The molecule has 0 amide bonds. The molecule has 0 radical (unpaired) electrons. The fraction of sp³-hybridized carbons (Fsp3) is 0. The van der Waals surface area contributed by atoms with Crippen LogP contribution in [0.3, 0.4) is 0 Å². The summed E-state index contributed by atoms with van der Waals surface area (Å²) in [5.74, 6) is 0. The predicted octanol–water partition coefficient (Wildman–Crippen LogP) is 16.8. The van der Waals surface area contributed by atoms with Gasteiger partial charge in [-0.05, 0) is 99.4 Å². The molecule has 0 aliphatic rings. The molecule has 3 heteroatoms. The molecule has 0 unspecified atom stereocenters. The first-order chi connectivity index (χ1) is 30.2. The fourth-order valence-electron chi connectivity index (χ4n) is 9.26. The Morgan fingerprint density at radius 1 is 0.344 bits per heavy atom. The van der Waals surface area contributed by atoms with Gasteiger partial charge in [0.15, 0.2) is 0 Å². The molecular weight excluding hydrogens is 757 g/mol. The van der Waals surface area contributed by atoms with Crippen molar-refractivity contribution in [2.45, 2.75) is 0 Å². The molecule has 0 fully saturated rings. The highest BCUT2D eigenvalue weighted by Gasteiger charge is 2.19. The molecule has 0 bridgehead atoms. The minimum absolute atomic E-state index is 1.10. The largest absolute Gasteiger partial charge is 0.310 e. The number of anilines is 3. The van der Waals surface area contributed by atoms with E-state index in [-0.39, 0.29) is 0 Å². The number of nitrogens with zero attached hydrogens (tertiary/aromatic N) is 2. The van der Waals surface area contributed by atoms with Gasteiger partial charge in [0, 0.05) is 59.1 Å². The van der Waals surface area contributed by atoms with Crippen LogP contribution in [-0.4, -0.2) is 4.57 Å². The van der Waals surface area contributed by atoms with Crippen LogP contribution in [0.25, 0.3) is 91.8 Å². The molecule has 12 aromatic rings. The number of thiophene rings is 1. The number of hydrogen-bond donors (Lipinski definition) is 0. The number of para-hydroxylation sites is 1. The molecular formula is C58H38N2S. The monoisotopic (exact) mass is 794 g/mol. The van der Waals surface area contributed by atoms with Crippen LogP contribution in [0.2, 0.25) is 0 Å². The molecule has 2 heterocycles. The molecule has 12 rings (SSSR count). The second kappa shape index (κ2) is 14.5. The van der Waals surface area contributed by atoms with Gasteiger partial charge in [-0.25, -0.2) is 0 Å². The Bertz CT molecular complexity index is 3550. The van der Waals surface area contributed by atoms with Crippen molar-refractivity contribution >= 4 is 81.1 Å². The van der Waals surface area contributed by atoms with Crippen molar-refractivity contribution in [2.75, 3.05) is 4.90 Å². The van der Waals surface area contributed by atoms with Crippen LogP contribution >= 0.6 is 11.3 Å². The second-order valence-electron chi connectivity index (χ2n) is 15.7. The van der Waals surface area contributed by atoms with Crippen molar-refractivity contribution in [3.63, 3.8) is 0 Å². The van der Waals surface area contributed by atoms with Crippen molar-refractivity contribution in [1.29, 1.82) is 0 Å². The van der Waals surface area contributed by atoms with E-state index in [0.29, 0.717) is 0 Å². The number of hydrogen-bond acceptors (Lipinski definition) is 2.